The molecule has 0 aliphatic carbocycles. The molecule has 2 heterocycles. The molecule has 0 aliphatic heterocycles. The Kier molecular flexibility index (Phi) is 6.79. The molecule has 29 heavy (non-hydrogen) atoms. The first-order chi connectivity index (χ1) is 14.0. The molecule has 0 fully saturated rings. The maximum absolute atomic E-state index is 13.0. The third kappa shape index (κ3) is 4.55. The van der Waals surface area contributed by atoms with Gasteiger partial charge in [0.05, 0.1) is 41.2 Å². The Balaban J connectivity index is 2.07. The number of hydrogen-bond donors (Lipinski definition) is 1. The fourth-order valence-corrected chi connectivity index (χ4v) is 3.35. The summed E-state index contributed by atoms with van der Waals surface area (Å²) in [5, 5.41) is 3.67. The number of pyridine rings is 1. The number of benzene rings is 1. The zero-order chi connectivity index (χ0) is 21.0. The number of carbonyl (C=O) groups excluding carboxylic acids is 1. The predicted octanol–water partition coefficient (Wildman–Crippen LogP) is 4.84. The molecule has 150 valence electrons. The normalized spacial score (nSPS) is 10.5. The highest BCUT2D eigenvalue weighted by molar-refractivity contribution is 7.98. The molecule has 2 aromatic heterocycles. The predicted molar refractivity (Wildman–Crippen MR) is 115 cm³/mol. The number of nitrogens with one attached hydrogen (secondary N) is 1. The van der Waals surface area contributed by atoms with E-state index in [0.717, 1.165) is 0 Å². The molecule has 0 aliphatic rings. The highest BCUT2D eigenvalue weighted by atomic mass is 35.5. The molecule has 7 nitrogen and oxygen atoms in total. The quantitative estimate of drug-likeness (QED) is 0.424. The average molecular weight is 451 g/mol. The number of nitrogens with zero attached hydrogens (tertiary/aromatic N) is 3. The standard InChI is InChI=1S/C19H16Cl2N4O3S/c1-27-14-5-4-10(6-15(14)28-2)16-11(7-23-19(25-16)29-3)18(26)24-17-12(20)8-22-9-13(17)21/h4-9H,1-3H3,(H,22,24,26). The van der Waals surface area contributed by atoms with E-state index in [2.05, 4.69) is 20.3 Å². The van der Waals surface area contributed by atoms with Crippen LogP contribution in [0.3, 0.4) is 0 Å². The highest BCUT2D eigenvalue weighted by Gasteiger charge is 2.20. The third-order valence-corrected chi connectivity index (χ3v) is 5.08. The van der Waals surface area contributed by atoms with E-state index < -0.39 is 5.91 Å². The van der Waals surface area contributed by atoms with Crippen LogP contribution in [-0.2, 0) is 0 Å². The molecule has 3 rings (SSSR count). The summed E-state index contributed by atoms with van der Waals surface area (Å²) in [5.74, 6) is 0.620. The second-order valence-corrected chi connectivity index (χ2v) is 7.21. The van der Waals surface area contributed by atoms with Crippen LogP contribution in [0, 0.1) is 0 Å². The fraction of sp³-hybridized carbons (Fsp3) is 0.158. The number of amides is 1. The molecule has 0 unspecified atom stereocenters. The Hall–Kier alpha value is -2.55. The summed E-state index contributed by atoms with van der Waals surface area (Å²) in [6.07, 6.45) is 6.10. The van der Waals surface area contributed by atoms with E-state index in [1.807, 2.05) is 6.26 Å². The van der Waals surface area contributed by atoms with Gasteiger partial charge in [-0.05, 0) is 24.5 Å². The van der Waals surface area contributed by atoms with Crippen molar-refractivity contribution in [2.45, 2.75) is 5.16 Å². The molecule has 10 heteroatoms. The van der Waals surface area contributed by atoms with Crippen molar-refractivity contribution in [3.63, 3.8) is 0 Å². The fourth-order valence-electron chi connectivity index (χ4n) is 2.55. The van der Waals surface area contributed by atoms with E-state index in [9.17, 15) is 4.79 Å². The van der Waals surface area contributed by atoms with Crippen LogP contribution in [-0.4, -0.2) is 41.3 Å². The summed E-state index contributed by atoms with van der Waals surface area (Å²) in [6, 6.07) is 5.28. The minimum absolute atomic E-state index is 0.222. The Bertz CT molecular complexity index is 1050. The van der Waals surface area contributed by atoms with Gasteiger partial charge in [0.2, 0.25) is 0 Å². The van der Waals surface area contributed by atoms with Gasteiger partial charge in [0.25, 0.3) is 5.91 Å². The van der Waals surface area contributed by atoms with Crippen molar-refractivity contribution >= 4 is 46.6 Å². The van der Waals surface area contributed by atoms with Gasteiger partial charge in [-0.25, -0.2) is 9.97 Å². The van der Waals surface area contributed by atoms with Crippen LogP contribution in [0.1, 0.15) is 10.4 Å². The maximum atomic E-state index is 13.0. The monoisotopic (exact) mass is 450 g/mol. The first kappa shape index (κ1) is 21.2. The van der Waals surface area contributed by atoms with Gasteiger partial charge in [0, 0.05) is 24.2 Å². The van der Waals surface area contributed by atoms with E-state index in [1.54, 1.807) is 25.3 Å². The molecule has 0 atom stereocenters. The summed E-state index contributed by atoms with van der Waals surface area (Å²) < 4.78 is 10.6. The number of methoxy groups -OCH3 is 2. The van der Waals surface area contributed by atoms with Gasteiger partial charge in [-0.1, -0.05) is 35.0 Å². The lowest BCUT2D eigenvalue weighted by atomic mass is 10.1. The van der Waals surface area contributed by atoms with Crippen LogP contribution in [0.4, 0.5) is 5.69 Å². The van der Waals surface area contributed by atoms with Crippen molar-refractivity contribution in [2.75, 3.05) is 25.8 Å². The van der Waals surface area contributed by atoms with Crippen molar-refractivity contribution in [3.8, 4) is 22.8 Å². The zero-order valence-corrected chi connectivity index (χ0v) is 18.0. The van der Waals surface area contributed by atoms with Crippen molar-refractivity contribution in [2.24, 2.45) is 0 Å². The minimum Gasteiger partial charge on any atom is -0.493 e. The molecule has 1 aromatic carbocycles. The van der Waals surface area contributed by atoms with Gasteiger partial charge in [0.15, 0.2) is 16.7 Å². The summed E-state index contributed by atoms with van der Waals surface area (Å²) in [6.45, 7) is 0. The second kappa shape index (κ2) is 9.30. The van der Waals surface area contributed by atoms with Gasteiger partial charge in [-0.15, -0.1) is 0 Å². The van der Waals surface area contributed by atoms with Crippen LogP contribution in [0.2, 0.25) is 10.0 Å². The lowest BCUT2D eigenvalue weighted by Gasteiger charge is -2.14. The molecule has 1 N–H and O–H groups in total. The molecule has 1 amide bonds. The summed E-state index contributed by atoms with van der Waals surface area (Å²) in [4.78, 5) is 25.6. The number of ether oxygens (including phenoxy) is 2. The average Bonchev–Trinajstić information content (AvgIpc) is 2.75. The van der Waals surface area contributed by atoms with Gasteiger partial charge >= 0.3 is 0 Å². The first-order valence-electron chi connectivity index (χ1n) is 8.22. The Labute approximate surface area is 181 Å². The van der Waals surface area contributed by atoms with Crippen molar-refractivity contribution in [1.29, 1.82) is 0 Å². The number of carbonyl (C=O) groups is 1. The van der Waals surface area contributed by atoms with E-state index in [1.165, 1.54) is 37.5 Å². The number of halogens is 2. The molecule has 0 saturated carbocycles. The van der Waals surface area contributed by atoms with Gasteiger partial charge in [-0.3, -0.25) is 9.78 Å². The Morgan fingerprint density at radius 2 is 1.76 bits per heavy atom. The topological polar surface area (TPSA) is 86.2 Å². The van der Waals surface area contributed by atoms with Crippen LogP contribution in [0.5, 0.6) is 11.5 Å². The number of rotatable bonds is 6. The highest BCUT2D eigenvalue weighted by Crippen LogP contribution is 2.34. The Morgan fingerprint density at radius 1 is 1.07 bits per heavy atom. The number of anilines is 1. The summed E-state index contributed by atoms with van der Waals surface area (Å²) in [7, 11) is 3.09. The van der Waals surface area contributed by atoms with Crippen LogP contribution < -0.4 is 14.8 Å². The van der Waals surface area contributed by atoms with Crippen molar-refractivity contribution in [3.05, 3.63) is 52.4 Å². The summed E-state index contributed by atoms with van der Waals surface area (Å²) >= 11 is 13.6. The van der Waals surface area contributed by atoms with Crippen LogP contribution in [0.25, 0.3) is 11.3 Å². The Morgan fingerprint density at radius 3 is 2.38 bits per heavy atom. The lowest BCUT2D eigenvalue weighted by molar-refractivity contribution is 0.102. The third-order valence-electron chi connectivity index (χ3n) is 3.94. The first-order valence-corrected chi connectivity index (χ1v) is 10.2. The molecule has 0 spiro atoms. The van der Waals surface area contributed by atoms with Crippen LogP contribution in [0.15, 0.2) is 41.9 Å². The number of hydrogen-bond acceptors (Lipinski definition) is 7. The van der Waals surface area contributed by atoms with Gasteiger partial charge in [0.1, 0.15) is 0 Å². The van der Waals surface area contributed by atoms with Crippen molar-refractivity contribution < 1.29 is 14.3 Å². The maximum Gasteiger partial charge on any atom is 0.259 e. The molecule has 0 bridgehead atoms. The van der Waals surface area contributed by atoms with E-state index >= 15 is 0 Å². The minimum atomic E-state index is -0.461. The van der Waals surface area contributed by atoms with E-state index in [4.69, 9.17) is 32.7 Å². The SMILES string of the molecule is COc1ccc(-c2nc(SC)ncc2C(=O)Nc2c(Cl)cncc2Cl)cc1OC. The smallest absolute Gasteiger partial charge is 0.259 e. The van der Waals surface area contributed by atoms with E-state index in [0.29, 0.717) is 27.9 Å². The largest absolute Gasteiger partial charge is 0.493 e. The summed E-state index contributed by atoms with van der Waals surface area (Å²) in [5.41, 5.74) is 1.61. The second-order valence-electron chi connectivity index (χ2n) is 5.62. The van der Waals surface area contributed by atoms with Crippen molar-refractivity contribution in [1.82, 2.24) is 15.0 Å². The van der Waals surface area contributed by atoms with Gasteiger partial charge in [-0.2, -0.15) is 0 Å². The van der Waals surface area contributed by atoms with Gasteiger partial charge < -0.3 is 14.8 Å². The zero-order valence-electron chi connectivity index (χ0n) is 15.7. The van der Waals surface area contributed by atoms with Crippen LogP contribution >= 0.6 is 35.0 Å². The number of aromatic nitrogens is 3. The molecular weight excluding hydrogens is 435 g/mol. The van der Waals surface area contributed by atoms with E-state index in [-0.39, 0.29) is 21.3 Å². The molecule has 3 aromatic rings. The molecule has 0 saturated heterocycles. The lowest BCUT2D eigenvalue weighted by Crippen LogP contribution is -2.15. The molecule has 0 radical (unpaired) electrons. The molecular formula is C19H16Cl2N4O3S. The number of thioether (sulfide) groups is 1.